The molecule has 18 nitrogen and oxygen atoms in total. The molecule has 0 aliphatic heterocycles. The number of aldehydes is 1. The largest absolute Gasteiger partial charge is 0.502 e. The highest BCUT2D eigenvalue weighted by molar-refractivity contribution is 6.09. The number of rotatable bonds is 18. The zero-order chi connectivity index (χ0) is 66.4. The maximum Gasteiger partial charge on any atom is 0.308 e. The second-order valence-corrected chi connectivity index (χ2v) is 20.6. The predicted molar refractivity (Wildman–Crippen MR) is 335 cm³/mol. The Hall–Kier alpha value is -11.0. The first kappa shape index (κ1) is 67.5. The van der Waals surface area contributed by atoms with Gasteiger partial charge in [-0.3, -0.25) is 24.0 Å². The number of hydrogen-bond donors (Lipinski definition) is 5. The minimum Gasteiger partial charge on any atom is -0.502 e. The van der Waals surface area contributed by atoms with E-state index >= 15 is 0 Å². The summed E-state index contributed by atoms with van der Waals surface area (Å²) in [6.07, 6.45) is 6.57. The van der Waals surface area contributed by atoms with E-state index in [0.717, 1.165) is 73.2 Å². The minimum atomic E-state index is -0.978. The number of methoxy groups -OCH3 is 6. The van der Waals surface area contributed by atoms with Gasteiger partial charge in [-0.1, -0.05) is 23.8 Å². The van der Waals surface area contributed by atoms with Gasteiger partial charge in [-0.15, -0.1) is 0 Å². The zero-order valence-corrected chi connectivity index (χ0v) is 51.4. The lowest BCUT2D eigenvalue weighted by molar-refractivity contribution is -0.136. The first-order chi connectivity index (χ1) is 43.4. The number of carboxylic acid groups (broad SMARTS) is 2. The van der Waals surface area contributed by atoms with Gasteiger partial charge in [-0.05, 0) is 208 Å². The van der Waals surface area contributed by atoms with Gasteiger partial charge < -0.3 is 63.3 Å². The van der Waals surface area contributed by atoms with E-state index in [4.69, 9.17) is 42.7 Å². The normalized spacial score (nSPS) is 13.3. The highest BCUT2D eigenvalue weighted by atomic mass is 19.1. The number of allylic oxidation sites excluding steroid dienone is 5. The van der Waals surface area contributed by atoms with Crippen molar-refractivity contribution in [3.63, 3.8) is 0 Å². The smallest absolute Gasteiger partial charge is 0.308 e. The number of carbonyl (C=O) groups is 5. The Morgan fingerprint density at radius 1 is 0.538 bits per heavy atom. The molecule has 6 aromatic carbocycles. The van der Waals surface area contributed by atoms with E-state index in [9.17, 15) is 52.5 Å². The van der Waals surface area contributed by atoms with E-state index < -0.39 is 23.7 Å². The Bertz CT molecular complexity index is 4040. The number of ether oxygens (including phenoxy) is 7. The van der Waals surface area contributed by atoms with Gasteiger partial charge in [0, 0.05) is 12.5 Å². The van der Waals surface area contributed by atoms with Gasteiger partial charge in [0.15, 0.2) is 34.5 Å². The number of fused-ring (bicyclic) bond motifs is 3. The molecule has 0 spiro atoms. The monoisotopic (exact) mass is 1250 g/mol. The van der Waals surface area contributed by atoms with Crippen LogP contribution in [0.5, 0.6) is 51.7 Å². The molecule has 91 heavy (non-hydrogen) atoms. The Morgan fingerprint density at radius 2 is 0.956 bits per heavy atom. The molecule has 0 saturated heterocycles. The van der Waals surface area contributed by atoms with Gasteiger partial charge in [0.25, 0.3) is 0 Å². The quantitative estimate of drug-likeness (QED) is 0.0304. The van der Waals surface area contributed by atoms with Crippen LogP contribution in [0.3, 0.4) is 0 Å². The van der Waals surface area contributed by atoms with E-state index in [1.165, 1.54) is 98.1 Å². The molecule has 0 unspecified atom stereocenters. The van der Waals surface area contributed by atoms with E-state index in [-0.39, 0.29) is 95.1 Å². The number of hydrogen-bond acceptors (Lipinski definition) is 15. The van der Waals surface area contributed by atoms with Crippen LogP contribution in [0.1, 0.15) is 108 Å². The van der Waals surface area contributed by atoms with Crippen molar-refractivity contribution in [3.05, 3.63) is 199 Å². The standard InChI is InChI=1S/C26H24FNO5.C21H19FO5.C12H11FO2.C11H12O5/c1-15-20(9-16-10-23(31-2)26(30)24(11-16)32-3)19-7-6-17(27)12-22(19)21(15)13-25(29)28-14-18-5-4-8-33-18;1-11-15(6-12-7-18(26-2)21(25)19(8-12)27-3)14-5-4-13(22)9-17(14)16(11)10-20(23)24;1-7-4-8-2-3-9(13)5-11(8)10(7)6-12(14)15;1-7(13)16-11-9(14-2)4-8(6-12)5-10(11)15-3/h4-12,30H,13-14H2,1-3H3,(H,28,29);4-9,25H,10H2,1-3H3,(H,23,24);2-3,5H,4,6H2,1H3,(H,14,15);4-6H,1-3H3/b20-9-;15-6-;;. The molecule has 3 aliphatic carbocycles. The lowest BCUT2D eigenvalue weighted by Gasteiger charge is -2.12. The maximum absolute atomic E-state index is 14.1. The van der Waals surface area contributed by atoms with Crippen LogP contribution < -0.4 is 38.5 Å². The Kier molecular flexibility index (Phi) is 22.5. The number of halogens is 3. The van der Waals surface area contributed by atoms with E-state index in [0.29, 0.717) is 39.9 Å². The minimum absolute atomic E-state index is 0.0255. The van der Waals surface area contributed by atoms with Crippen LogP contribution in [0.4, 0.5) is 13.2 Å². The number of nitrogens with one attached hydrogen (secondary N) is 1. The molecule has 0 fully saturated rings. The van der Waals surface area contributed by atoms with E-state index in [1.54, 1.807) is 60.9 Å². The molecule has 474 valence electrons. The average molecular weight is 1250 g/mol. The van der Waals surface area contributed by atoms with Crippen LogP contribution in [0, 0.1) is 17.5 Å². The third-order valence-electron chi connectivity index (χ3n) is 14.8. The van der Waals surface area contributed by atoms with Gasteiger partial charge in [0.05, 0.1) is 74.7 Å². The third kappa shape index (κ3) is 16.2. The second-order valence-electron chi connectivity index (χ2n) is 20.6. The first-order valence-corrected chi connectivity index (χ1v) is 27.9. The number of aromatic hydroxyl groups is 2. The van der Waals surface area contributed by atoms with E-state index in [2.05, 4.69) is 5.32 Å². The summed E-state index contributed by atoms with van der Waals surface area (Å²) < 4.78 is 82.0. The number of carboxylic acids is 2. The Labute approximate surface area is 522 Å². The molecule has 10 rings (SSSR count). The molecule has 1 amide bonds. The van der Waals surface area contributed by atoms with Crippen molar-refractivity contribution in [1.82, 2.24) is 5.32 Å². The number of furan rings is 1. The molecule has 1 heterocycles. The van der Waals surface area contributed by atoms with Crippen molar-refractivity contribution < 1.29 is 95.1 Å². The molecule has 0 saturated carbocycles. The van der Waals surface area contributed by atoms with Crippen molar-refractivity contribution in [1.29, 1.82) is 0 Å². The lowest BCUT2D eigenvalue weighted by atomic mass is 10.00. The van der Waals surface area contributed by atoms with Crippen LogP contribution in [-0.4, -0.2) is 93.2 Å². The molecule has 0 radical (unpaired) electrons. The molecule has 21 heteroatoms. The number of benzene rings is 6. The summed E-state index contributed by atoms with van der Waals surface area (Å²) in [6.45, 7) is 7.18. The summed E-state index contributed by atoms with van der Waals surface area (Å²) in [5.41, 5.74) is 12.8. The fourth-order valence-electron chi connectivity index (χ4n) is 10.5. The van der Waals surface area contributed by atoms with Gasteiger partial charge in [-0.25, -0.2) is 13.2 Å². The van der Waals surface area contributed by atoms with Crippen LogP contribution in [-0.2, 0) is 32.1 Å². The molecule has 0 atom stereocenters. The van der Waals surface area contributed by atoms with Crippen molar-refractivity contribution in [2.24, 2.45) is 0 Å². The highest BCUT2D eigenvalue weighted by Gasteiger charge is 2.29. The number of phenolic OH excluding ortho intramolecular Hbond substituents is 2. The van der Waals surface area contributed by atoms with E-state index in [1.807, 2.05) is 32.9 Å². The topological polar surface area (TPSA) is 256 Å². The van der Waals surface area contributed by atoms with Crippen molar-refractivity contribution >= 4 is 70.1 Å². The molecule has 5 N–H and O–H groups in total. The van der Waals surface area contributed by atoms with Crippen molar-refractivity contribution in [2.75, 3.05) is 42.7 Å². The van der Waals surface area contributed by atoms with Gasteiger partial charge >= 0.3 is 17.9 Å². The van der Waals surface area contributed by atoms with Crippen LogP contribution in [0.25, 0.3) is 40.0 Å². The number of aliphatic carboxylic acids is 2. The predicted octanol–water partition coefficient (Wildman–Crippen LogP) is 13.6. The van der Waals surface area contributed by atoms with Gasteiger partial charge in [0.1, 0.15) is 29.5 Å². The summed E-state index contributed by atoms with van der Waals surface area (Å²) >= 11 is 0. The molecule has 3 aliphatic rings. The number of carbonyl (C=O) groups excluding carboxylic acids is 3. The zero-order valence-electron chi connectivity index (χ0n) is 51.4. The van der Waals surface area contributed by atoms with Crippen molar-refractivity contribution in [3.8, 4) is 51.7 Å². The summed E-state index contributed by atoms with van der Waals surface area (Å²) in [5.74, 6) is -1.39. The fourth-order valence-corrected chi connectivity index (χ4v) is 10.5. The Balaban J connectivity index is 0.000000182. The summed E-state index contributed by atoms with van der Waals surface area (Å²) in [7, 11) is 8.63. The fraction of sp³-hybridized carbons (Fsp3) is 0.214. The summed E-state index contributed by atoms with van der Waals surface area (Å²) in [4.78, 5) is 56.1. The third-order valence-corrected chi connectivity index (χ3v) is 14.8. The molecular formula is C70H66F3NO17. The molecule has 0 bridgehead atoms. The number of phenols is 2. The van der Waals surface area contributed by atoms with Crippen LogP contribution in [0.2, 0.25) is 0 Å². The van der Waals surface area contributed by atoms with Crippen LogP contribution in [0.15, 0.2) is 131 Å². The van der Waals surface area contributed by atoms with Crippen LogP contribution >= 0.6 is 0 Å². The van der Waals surface area contributed by atoms with Gasteiger partial charge in [-0.2, -0.15) is 0 Å². The summed E-state index contributed by atoms with van der Waals surface area (Å²) in [6, 6.07) is 26.6. The second kappa shape index (κ2) is 30.3. The van der Waals surface area contributed by atoms with Gasteiger partial charge in [0.2, 0.25) is 23.2 Å². The molecule has 7 aromatic rings. The lowest BCUT2D eigenvalue weighted by Crippen LogP contribution is -2.22. The molecular weight excluding hydrogens is 1180 g/mol. The SMILES string of the molecule is CC1=C(CC(=O)O)c2cc(F)ccc2C1.COc1cc(/C=C2/C(C)=C(CC(=O)NCc3ccco3)c3cc(F)ccc32)cc(OC)c1O.COc1cc(/C=C2/C(C)=C(CC(=O)O)c3cc(F)ccc32)cc(OC)c1O.COc1cc(C=O)cc(OC)c1OC(C)=O. The first-order valence-electron chi connectivity index (χ1n) is 27.9. The Morgan fingerprint density at radius 3 is 1.36 bits per heavy atom. The maximum atomic E-state index is 14.1. The average Bonchev–Trinajstić information content (AvgIpc) is 1.76. The summed E-state index contributed by atoms with van der Waals surface area (Å²) in [5, 5.41) is 41.1. The molecule has 1 aromatic heterocycles. The number of esters is 1. The van der Waals surface area contributed by atoms with Crippen molar-refractivity contribution in [2.45, 2.75) is 59.9 Å². The highest BCUT2D eigenvalue weighted by Crippen LogP contribution is 2.48. The number of amides is 1.